The predicted octanol–water partition coefficient (Wildman–Crippen LogP) is 3.24. The number of rotatable bonds is 4. The molecule has 0 aliphatic heterocycles. The largest absolute Gasteiger partial charge is 0.497 e. The second-order valence-corrected chi connectivity index (χ2v) is 4.98. The van der Waals surface area contributed by atoms with E-state index >= 15 is 0 Å². The highest BCUT2D eigenvalue weighted by Crippen LogP contribution is 2.30. The van der Waals surface area contributed by atoms with Crippen LogP contribution in [0.5, 0.6) is 5.75 Å². The third-order valence-electron chi connectivity index (χ3n) is 3.18. The Labute approximate surface area is 119 Å². The molecule has 5 heteroatoms. The average Bonchev–Trinajstić information content (AvgIpc) is 2.40. The third kappa shape index (κ3) is 2.82. The summed E-state index contributed by atoms with van der Waals surface area (Å²) in [5, 5.41) is 3.33. The van der Waals surface area contributed by atoms with Gasteiger partial charge in [-0.15, -0.1) is 0 Å². The van der Waals surface area contributed by atoms with Crippen LogP contribution >= 0.6 is 0 Å². The topological polar surface area (TPSA) is 73.1 Å². The zero-order valence-corrected chi connectivity index (χ0v) is 12.3. The van der Waals surface area contributed by atoms with E-state index in [0.29, 0.717) is 5.82 Å². The first kappa shape index (κ1) is 14.1. The maximum absolute atomic E-state index is 5.95. The van der Waals surface area contributed by atoms with Crippen LogP contribution < -0.4 is 15.8 Å². The molecule has 0 saturated carbocycles. The summed E-state index contributed by atoms with van der Waals surface area (Å²) in [5.74, 6) is 2.35. The summed E-state index contributed by atoms with van der Waals surface area (Å²) >= 11 is 0. The zero-order chi connectivity index (χ0) is 14.7. The molecule has 0 fully saturated rings. The molecule has 2 rings (SSSR count). The molecule has 0 atom stereocenters. The minimum Gasteiger partial charge on any atom is -0.497 e. The quantitative estimate of drug-likeness (QED) is 0.893. The molecule has 0 aliphatic carbocycles. The van der Waals surface area contributed by atoms with E-state index in [1.165, 1.54) is 6.33 Å². The molecule has 1 heterocycles. The lowest BCUT2D eigenvalue weighted by Crippen LogP contribution is -2.07. The van der Waals surface area contributed by atoms with Gasteiger partial charge in [-0.3, -0.25) is 0 Å². The highest BCUT2D eigenvalue weighted by atomic mass is 16.5. The Morgan fingerprint density at radius 3 is 2.60 bits per heavy atom. The van der Waals surface area contributed by atoms with Crippen LogP contribution in [0.1, 0.15) is 30.9 Å². The maximum atomic E-state index is 5.95. The molecule has 20 heavy (non-hydrogen) atoms. The van der Waals surface area contributed by atoms with E-state index in [9.17, 15) is 0 Å². The summed E-state index contributed by atoms with van der Waals surface area (Å²) in [7, 11) is 1.66. The van der Waals surface area contributed by atoms with Crippen molar-refractivity contribution in [1.82, 2.24) is 9.97 Å². The summed E-state index contributed by atoms with van der Waals surface area (Å²) in [5.41, 5.74) is 8.94. The number of nitrogen functional groups attached to an aromatic ring is 1. The molecule has 0 aliphatic rings. The van der Waals surface area contributed by atoms with Gasteiger partial charge in [0.25, 0.3) is 0 Å². The van der Waals surface area contributed by atoms with Crippen LogP contribution in [0.25, 0.3) is 0 Å². The van der Waals surface area contributed by atoms with Crippen molar-refractivity contribution in [3.05, 3.63) is 35.7 Å². The van der Waals surface area contributed by atoms with Crippen molar-refractivity contribution in [3.63, 3.8) is 0 Å². The lowest BCUT2D eigenvalue weighted by atomic mass is 10.0. The van der Waals surface area contributed by atoms with Crippen LogP contribution in [0.2, 0.25) is 0 Å². The van der Waals surface area contributed by atoms with E-state index in [0.717, 1.165) is 28.4 Å². The average molecular weight is 272 g/mol. The predicted molar refractivity (Wildman–Crippen MR) is 81.5 cm³/mol. The first-order valence-electron chi connectivity index (χ1n) is 6.55. The van der Waals surface area contributed by atoms with Gasteiger partial charge < -0.3 is 15.8 Å². The summed E-state index contributed by atoms with van der Waals surface area (Å²) in [6.07, 6.45) is 1.47. The van der Waals surface area contributed by atoms with Gasteiger partial charge >= 0.3 is 0 Å². The lowest BCUT2D eigenvalue weighted by molar-refractivity contribution is 0.414. The van der Waals surface area contributed by atoms with Crippen molar-refractivity contribution < 1.29 is 4.74 Å². The van der Waals surface area contributed by atoms with Crippen molar-refractivity contribution in [2.75, 3.05) is 18.2 Å². The van der Waals surface area contributed by atoms with Gasteiger partial charge in [-0.1, -0.05) is 13.8 Å². The Kier molecular flexibility index (Phi) is 4.08. The molecule has 1 aromatic carbocycles. The van der Waals surface area contributed by atoms with Gasteiger partial charge in [0.1, 0.15) is 23.7 Å². The fourth-order valence-corrected chi connectivity index (χ4v) is 2.11. The summed E-state index contributed by atoms with van der Waals surface area (Å²) < 4.78 is 5.21. The molecule has 0 bridgehead atoms. The number of benzene rings is 1. The van der Waals surface area contributed by atoms with Crippen molar-refractivity contribution >= 4 is 17.3 Å². The number of aryl methyl sites for hydroxylation is 1. The molecule has 0 amide bonds. The van der Waals surface area contributed by atoms with Crippen LogP contribution in [0.3, 0.4) is 0 Å². The fourth-order valence-electron chi connectivity index (χ4n) is 2.11. The van der Waals surface area contributed by atoms with E-state index in [-0.39, 0.29) is 5.92 Å². The Morgan fingerprint density at radius 1 is 1.25 bits per heavy atom. The van der Waals surface area contributed by atoms with Crippen LogP contribution in [0.4, 0.5) is 17.3 Å². The number of hydrogen-bond acceptors (Lipinski definition) is 5. The Bertz CT molecular complexity index is 611. The van der Waals surface area contributed by atoms with E-state index in [1.807, 2.05) is 25.1 Å². The van der Waals surface area contributed by atoms with Gasteiger partial charge in [0.15, 0.2) is 0 Å². The van der Waals surface area contributed by atoms with E-state index < -0.39 is 0 Å². The monoisotopic (exact) mass is 272 g/mol. The standard InChI is InChI=1S/C15H20N4O/c1-9(2)13-14(16)17-8-18-15(13)19-12-6-5-11(20-4)7-10(12)3/h5-9H,1-4H3,(H3,16,17,18,19). The number of aromatic nitrogens is 2. The Hall–Kier alpha value is -2.30. The number of anilines is 3. The highest BCUT2D eigenvalue weighted by molar-refractivity contribution is 5.67. The van der Waals surface area contributed by atoms with Crippen LogP contribution in [-0.4, -0.2) is 17.1 Å². The number of ether oxygens (including phenoxy) is 1. The maximum Gasteiger partial charge on any atom is 0.139 e. The molecule has 0 saturated heterocycles. The van der Waals surface area contributed by atoms with Crippen molar-refractivity contribution in [3.8, 4) is 5.75 Å². The van der Waals surface area contributed by atoms with Crippen LogP contribution in [0.15, 0.2) is 24.5 Å². The van der Waals surface area contributed by atoms with Crippen molar-refractivity contribution in [2.24, 2.45) is 0 Å². The van der Waals surface area contributed by atoms with Crippen molar-refractivity contribution in [2.45, 2.75) is 26.7 Å². The molecule has 2 aromatic rings. The molecule has 106 valence electrons. The molecular formula is C15H20N4O. The first-order chi connectivity index (χ1) is 9.52. The number of methoxy groups -OCH3 is 1. The second-order valence-electron chi connectivity index (χ2n) is 4.98. The number of hydrogen-bond donors (Lipinski definition) is 2. The Morgan fingerprint density at radius 2 is 2.00 bits per heavy atom. The highest BCUT2D eigenvalue weighted by Gasteiger charge is 2.13. The normalized spacial score (nSPS) is 10.7. The Balaban J connectivity index is 2.38. The third-order valence-corrected chi connectivity index (χ3v) is 3.18. The van der Waals surface area contributed by atoms with Gasteiger partial charge in [0, 0.05) is 11.3 Å². The first-order valence-corrected chi connectivity index (χ1v) is 6.55. The lowest BCUT2D eigenvalue weighted by Gasteiger charge is -2.16. The van der Waals surface area contributed by atoms with E-state index in [4.69, 9.17) is 10.5 Å². The summed E-state index contributed by atoms with van der Waals surface area (Å²) in [6.45, 7) is 6.16. The number of nitrogens with one attached hydrogen (secondary N) is 1. The number of nitrogens with two attached hydrogens (primary N) is 1. The molecule has 1 aromatic heterocycles. The molecule has 3 N–H and O–H groups in total. The van der Waals surface area contributed by atoms with Crippen molar-refractivity contribution in [1.29, 1.82) is 0 Å². The number of nitrogens with zero attached hydrogens (tertiary/aromatic N) is 2. The summed E-state index contributed by atoms with van der Waals surface area (Å²) in [6, 6.07) is 5.85. The van der Waals surface area contributed by atoms with Gasteiger partial charge in [-0.2, -0.15) is 0 Å². The molecule has 0 unspecified atom stereocenters. The minimum atomic E-state index is 0.247. The van der Waals surface area contributed by atoms with Crippen LogP contribution in [0, 0.1) is 6.92 Å². The van der Waals surface area contributed by atoms with Crippen LogP contribution in [-0.2, 0) is 0 Å². The summed E-state index contributed by atoms with van der Waals surface area (Å²) in [4.78, 5) is 8.37. The second kappa shape index (κ2) is 5.77. The van der Waals surface area contributed by atoms with Gasteiger partial charge in [0.05, 0.1) is 7.11 Å². The fraction of sp³-hybridized carbons (Fsp3) is 0.333. The van der Waals surface area contributed by atoms with Gasteiger partial charge in [-0.25, -0.2) is 9.97 Å². The molecule has 0 radical (unpaired) electrons. The van der Waals surface area contributed by atoms with E-state index in [2.05, 4.69) is 29.1 Å². The SMILES string of the molecule is COc1ccc(Nc2ncnc(N)c2C(C)C)c(C)c1. The smallest absolute Gasteiger partial charge is 0.139 e. The van der Waals surface area contributed by atoms with Gasteiger partial charge in [0.2, 0.25) is 0 Å². The molecule has 5 nitrogen and oxygen atoms in total. The van der Waals surface area contributed by atoms with Gasteiger partial charge in [-0.05, 0) is 36.6 Å². The molecule has 0 spiro atoms. The van der Waals surface area contributed by atoms with E-state index in [1.54, 1.807) is 7.11 Å². The molecular weight excluding hydrogens is 252 g/mol. The minimum absolute atomic E-state index is 0.247. The zero-order valence-electron chi connectivity index (χ0n) is 12.3.